The van der Waals surface area contributed by atoms with Crippen molar-refractivity contribution in [2.24, 2.45) is 11.8 Å². The first-order valence-electron chi connectivity index (χ1n) is 8.07. The van der Waals surface area contributed by atoms with Crippen molar-refractivity contribution in [1.82, 2.24) is 10.1 Å². The zero-order valence-electron chi connectivity index (χ0n) is 13.8. The molecule has 0 aliphatic heterocycles. The van der Waals surface area contributed by atoms with Gasteiger partial charge in [0.05, 0.1) is 5.92 Å². The summed E-state index contributed by atoms with van der Waals surface area (Å²) >= 11 is 0. The molecule has 0 radical (unpaired) electrons. The highest BCUT2D eigenvalue weighted by molar-refractivity contribution is 5.93. The number of aliphatic carboxylic acids is 1. The number of nitrogens with one attached hydrogen (secondary N) is 1. The van der Waals surface area contributed by atoms with Crippen molar-refractivity contribution in [3.05, 3.63) is 36.0 Å². The van der Waals surface area contributed by atoms with Gasteiger partial charge in [0.1, 0.15) is 5.75 Å². The summed E-state index contributed by atoms with van der Waals surface area (Å²) in [6.45, 7) is 1.90. The smallest absolute Gasteiger partial charge is 0.306 e. The number of anilines is 1. The lowest BCUT2D eigenvalue weighted by Crippen LogP contribution is -2.21. The predicted octanol–water partition coefficient (Wildman–Crippen LogP) is 2.40. The Balaban J connectivity index is 1.50. The normalized spacial score (nSPS) is 19.6. The maximum absolute atomic E-state index is 12.2. The van der Waals surface area contributed by atoms with Gasteiger partial charge in [0.2, 0.25) is 17.6 Å². The maximum atomic E-state index is 12.2. The third-order valence-electron chi connectivity index (χ3n) is 4.21. The molecule has 1 heterocycles. The molecule has 2 atom stereocenters. The number of rotatable bonds is 6. The summed E-state index contributed by atoms with van der Waals surface area (Å²) in [4.78, 5) is 27.2. The quantitative estimate of drug-likeness (QED) is 0.826. The van der Waals surface area contributed by atoms with Crippen LogP contribution in [0.4, 0.5) is 5.69 Å². The van der Waals surface area contributed by atoms with E-state index < -0.39 is 11.9 Å². The van der Waals surface area contributed by atoms with Gasteiger partial charge in [0.15, 0.2) is 6.61 Å². The minimum absolute atomic E-state index is 0.139. The summed E-state index contributed by atoms with van der Waals surface area (Å²) < 4.78 is 10.4. The average Bonchev–Trinajstić information content (AvgIpc) is 3.23. The van der Waals surface area contributed by atoms with E-state index in [9.17, 15) is 9.59 Å². The Labute approximate surface area is 144 Å². The van der Waals surface area contributed by atoms with Gasteiger partial charge in [0.25, 0.3) is 0 Å². The Kier molecular flexibility index (Phi) is 4.97. The zero-order valence-corrected chi connectivity index (χ0v) is 13.8. The highest BCUT2D eigenvalue weighted by Crippen LogP contribution is 2.32. The predicted molar refractivity (Wildman–Crippen MR) is 86.9 cm³/mol. The van der Waals surface area contributed by atoms with Crippen LogP contribution in [0, 0.1) is 18.8 Å². The van der Waals surface area contributed by atoms with Crippen molar-refractivity contribution in [3.63, 3.8) is 0 Å². The number of nitrogens with zero attached hydrogens (tertiary/aromatic N) is 2. The van der Waals surface area contributed by atoms with E-state index in [-0.39, 0.29) is 18.4 Å². The number of benzene rings is 1. The van der Waals surface area contributed by atoms with Gasteiger partial charge in [-0.15, -0.1) is 0 Å². The van der Waals surface area contributed by atoms with Crippen molar-refractivity contribution in [1.29, 1.82) is 0 Å². The fourth-order valence-electron chi connectivity index (χ4n) is 2.87. The van der Waals surface area contributed by atoms with E-state index >= 15 is 0 Å². The molecule has 132 valence electrons. The van der Waals surface area contributed by atoms with Gasteiger partial charge in [-0.25, -0.2) is 0 Å². The van der Waals surface area contributed by atoms with Crippen LogP contribution in [-0.2, 0) is 16.2 Å². The molecule has 1 aliphatic rings. The first-order chi connectivity index (χ1) is 12.0. The highest BCUT2D eigenvalue weighted by Gasteiger charge is 2.33. The van der Waals surface area contributed by atoms with Crippen molar-refractivity contribution in [2.45, 2.75) is 32.8 Å². The molecule has 0 bridgehead atoms. The van der Waals surface area contributed by atoms with Crippen LogP contribution in [0.25, 0.3) is 0 Å². The summed E-state index contributed by atoms with van der Waals surface area (Å²) in [5.74, 6) is -0.0721. The largest absolute Gasteiger partial charge is 0.485 e. The fourth-order valence-corrected chi connectivity index (χ4v) is 2.87. The molecule has 8 nitrogen and oxygen atoms in total. The fraction of sp³-hybridized carbons (Fsp3) is 0.412. The SMILES string of the molecule is Cc1nc(COc2ccc(NC(=O)[C@@H]3CC[C@H](C(=O)O)C3)cc2)no1. The number of carbonyl (C=O) groups is 2. The third-order valence-corrected chi connectivity index (χ3v) is 4.21. The van der Waals surface area contributed by atoms with Gasteiger partial charge in [-0.3, -0.25) is 9.59 Å². The molecule has 8 heteroatoms. The van der Waals surface area contributed by atoms with E-state index in [1.54, 1.807) is 31.2 Å². The van der Waals surface area contributed by atoms with Crippen LogP contribution < -0.4 is 10.1 Å². The van der Waals surface area contributed by atoms with Crippen LogP contribution in [0.1, 0.15) is 31.0 Å². The number of hydrogen-bond acceptors (Lipinski definition) is 6. The van der Waals surface area contributed by atoms with E-state index in [0.717, 1.165) is 0 Å². The van der Waals surface area contributed by atoms with Crippen molar-refractivity contribution < 1.29 is 24.0 Å². The van der Waals surface area contributed by atoms with Crippen LogP contribution in [0.3, 0.4) is 0 Å². The highest BCUT2D eigenvalue weighted by atomic mass is 16.5. The lowest BCUT2D eigenvalue weighted by atomic mass is 10.0. The summed E-state index contributed by atoms with van der Waals surface area (Å²) in [6, 6.07) is 6.94. The topological polar surface area (TPSA) is 115 Å². The van der Waals surface area contributed by atoms with E-state index in [1.165, 1.54) is 0 Å². The van der Waals surface area contributed by atoms with Crippen molar-refractivity contribution in [2.75, 3.05) is 5.32 Å². The first-order valence-corrected chi connectivity index (χ1v) is 8.07. The van der Waals surface area contributed by atoms with Gasteiger partial charge >= 0.3 is 5.97 Å². The molecule has 0 unspecified atom stereocenters. The molecule has 2 aromatic rings. The Hall–Kier alpha value is -2.90. The van der Waals surface area contributed by atoms with E-state index in [4.69, 9.17) is 14.4 Å². The van der Waals surface area contributed by atoms with Crippen molar-refractivity contribution >= 4 is 17.6 Å². The summed E-state index contributed by atoms with van der Waals surface area (Å²) in [5.41, 5.74) is 0.645. The molecule has 3 rings (SSSR count). The molecular formula is C17H19N3O5. The summed E-state index contributed by atoms with van der Waals surface area (Å²) in [7, 11) is 0. The Morgan fingerprint density at radius 1 is 1.28 bits per heavy atom. The number of aromatic nitrogens is 2. The number of aryl methyl sites for hydroxylation is 1. The second-order valence-electron chi connectivity index (χ2n) is 6.08. The van der Waals surface area contributed by atoms with Crippen LogP contribution in [0.15, 0.2) is 28.8 Å². The van der Waals surface area contributed by atoms with E-state index in [0.29, 0.717) is 42.4 Å². The van der Waals surface area contributed by atoms with Gasteiger partial charge in [-0.2, -0.15) is 4.98 Å². The lowest BCUT2D eigenvalue weighted by molar-refractivity contribution is -0.141. The molecule has 25 heavy (non-hydrogen) atoms. The van der Waals surface area contributed by atoms with E-state index in [1.807, 2.05) is 0 Å². The molecule has 1 fully saturated rings. The Bertz CT molecular complexity index is 756. The minimum Gasteiger partial charge on any atom is -0.485 e. The van der Waals surface area contributed by atoms with Crippen LogP contribution in [0.5, 0.6) is 5.75 Å². The number of amides is 1. The molecule has 2 N–H and O–H groups in total. The number of carbonyl (C=O) groups excluding carboxylic acids is 1. The van der Waals surface area contributed by atoms with Crippen LogP contribution >= 0.6 is 0 Å². The molecule has 1 aliphatic carbocycles. The minimum atomic E-state index is -0.825. The summed E-state index contributed by atoms with van der Waals surface area (Å²) in [5, 5.41) is 15.6. The molecular weight excluding hydrogens is 326 g/mol. The number of ether oxygens (including phenoxy) is 1. The average molecular weight is 345 g/mol. The monoisotopic (exact) mass is 345 g/mol. The maximum Gasteiger partial charge on any atom is 0.306 e. The molecule has 0 spiro atoms. The Morgan fingerprint density at radius 3 is 2.60 bits per heavy atom. The molecule has 1 saturated carbocycles. The lowest BCUT2D eigenvalue weighted by Gasteiger charge is -2.11. The molecule has 0 saturated heterocycles. The summed E-state index contributed by atoms with van der Waals surface area (Å²) in [6.07, 6.45) is 1.55. The second kappa shape index (κ2) is 7.33. The van der Waals surface area contributed by atoms with Gasteiger partial charge < -0.3 is 19.7 Å². The standard InChI is InChI=1S/C17H19N3O5/c1-10-18-15(20-25-10)9-24-14-6-4-13(5-7-14)19-16(21)11-2-3-12(8-11)17(22)23/h4-7,11-12H,2-3,8-9H2,1H3,(H,19,21)(H,22,23)/t11-,12+/m1/s1. The molecule has 1 aromatic heterocycles. The Morgan fingerprint density at radius 2 is 2.00 bits per heavy atom. The zero-order chi connectivity index (χ0) is 17.8. The van der Waals surface area contributed by atoms with Crippen LogP contribution in [0.2, 0.25) is 0 Å². The number of hydrogen-bond donors (Lipinski definition) is 2. The van der Waals surface area contributed by atoms with E-state index in [2.05, 4.69) is 15.5 Å². The van der Waals surface area contributed by atoms with Gasteiger partial charge in [-0.1, -0.05) is 5.16 Å². The number of carboxylic acid groups (broad SMARTS) is 1. The van der Waals surface area contributed by atoms with Gasteiger partial charge in [-0.05, 0) is 43.5 Å². The second-order valence-corrected chi connectivity index (χ2v) is 6.08. The van der Waals surface area contributed by atoms with Crippen LogP contribution in [-0.4, -0.2) is 27.1 Å². The number of carboxylic acids is 1. The molecule has 1 amide bonds. The third kappa shape index (κ3) is 4.34. The van der Waals surface area contributed by atoms with Crippen molar-refractivity contribution in [3.8, 4) is 5.75 Å². The van der Waals surface area contributed by atoms with Gasteiger partial charge in [0, 0.05) is 18.5 Å². The molecule has 1 aromatic carbocycles. The first kappa shape index (κ1) is 16.9.